The summed E-state index contributed by atoms with van der Waals surface area (Å²) in [4.78, 5) is 0. The largest absolute Gasteiger partial charge is 0.618 e. The van der Waals surface area contributed by atoms with Crippen LogP contribution in [-0.4, -0.2) is 11.5 Å². The molecule has 0 atom stereocenters. The van der Waals surface area contributed by atoms with Crippen LogP contribution in [0.3, 0.4) is 0 Å². The van der Waals surface area contributed by atoms with Gasteiger partial charge in [-0.05, 0) is 25.0 Å². The molecule has 0 aliphatic heterocycles. The molecule has 2 heterocycles. The molecule has 0 unspecified atom stereocenters. The van der Waals surface area contributed by atoms with Gasteiger partial charge in [-0.3, -0.25) is 0 Å². The lowest BCUT2D eigenvalue weighted by molar-refractivity contribution is -0.620. The molecule has 4 nitrogen and oxygen atoms in total. The molecule has 0 N–H and O–H groups in total. The van der Waals surface area contributed by atoms with E-state index < -0.39 is 0 Å². The maximum atomic E-state index is 12.0. The van der Waals surface area contributed by atoms with E-state index in [4.69, 9.17) is 0 Å². The van der Waals surface area contributed by atoms with Crippen LogP contribution in [0.1, 0.15) is 33.9 Å². The van der Waals surface area contributed by atoms with Crippen molar-refractivity contribution in [1.82, 2.24) is 0 Å². The minimum atomic E-state index is 0.743. The Hall–Kier alpha value is -1.75. The quantitative estimate of drug-likeness (QED) is 0.464. The van der Waals surface area contributed by atoms with Crippen molar-refractivity contribution in [3.05, 3.63) is 68.6 Å². The third-order valence-electron chi connectivity index (χ3n) is 3.83. The van der Waals surface area contributed by atoms with E-state index in [2.05, 4.69) is 0 Å². The van der Waals surface area contributed by atoms with E-state index in [1.807, 2.05) is 52.0 Å². The second kappa shape index (κ2) is 7.68. The van der Waals surface area contributed by atoms with Gasteiger partial charge in [-0.1, -0.05) is 0 Å². The Balaban J connectivity index is 1.85. The van der Waals surface area contributed by atoms with Crippen molar-refractivity contribution in [2.24, 2.45) is 0 Å². The van der Waals surface area contributed by atoms with E-state index >= 15 is 0 Å². The Kier molecular flexibility index (Phi) is 5.88. The second-order valence-electron chi connectivity index (χ2n) is 6.03. The third-order valence-corrected chi connectivity index (χ3v) is 4.81. The zero-order valence-corrected chi connectivity index (χ0v) is 15.1. The average molecular weight is 332 g/mol. The molecule has 2 aromatic rings. The number of hydrogen-bond acceptors (Lipinski definition) is 3. The molecule has 0 aliphatic rings. The summed E-state index contributed by atoms with van der Waals surface area (Å²) < 4.78 is 2.03. The number of hydrogen-bond donors (Lipinski definition) is 0. The van der Waals surface area contributed by atoms with Gasteiger partial charge >= 0.3 is 0 Å². The van der Waals surface area contributed by atoms with E-state index in [1.54, 1.807) is 11.8 Å². The first-order valence-corrected chi connectivity index (χ1v) is 9.01. The summed E-state index contributed by atoms with van der Waals surface area (Å²) in [6.07, 6.45) is 1.50. The number of rotatable bonds is 6. The fourth-order valence-electron chi connectivity index (χ4n) is 2.76. The van der Waals surface area contributed by atoms with Gasteiger partial charge in [-0.2, -0.15) is 21.2 Å². The van der Waals surface area contributed by atoms with Crippen molar-refractivity contribution in [3.8, 4) is 0 Å². The van der Waals surface area contributed by atoms with Gasteiger partial charge in [0.05, 0.1) is 0 Å². The van der Waals surface area contributed by atoms with Gasteiger partial charge in [0.1, 0.15) is 0 Å². The van der Waals surface area contributed by atoms with Crippen LogP contribution < -0.4 is 9.46 Å². The number of nitrogens with zero attached hydrogens (tertiary/aromatic N) is 2. The summed E-state index contributed by atoms with van der Waals surface area (Å²) in [6, 6.07) is 7.71. The van der Waals surface area contributed by atoms with E-state index in [1.165, 1.54) is 0 Å². The standard InChI is InChI=1S/C18H24N2O2S/c1-13-9-15(3)19(21)17(11-13)5-7-23-8-6-18-12-14(2)10-16(4)20(18)22/h9-12H,5-8H2,1-4H3. The Morgan fingerprint density at radius 3 is 1.52 bits per heavy atom. The SMILES string of the molecule is Cc1cc(C)[n+]([O-])c(CCSCCc2cc(C)cc(C)[n+]2[O-])c1. The van der Waals surface area contributed by atoms with Gasteiger partial charge in [-0.15, -0.1) is 0 Å². The van der Waals surface area contributed by atoms with Crippen molar-refractivity contribution in [2.45, 2.75) is 40.5 Å². The predicted molar refractivity (Wildman–Crippen MR) is 94.5 cm³/mol. The lowest BCUT2D eigenvalue weighted by atomic mass is 10.2. The molecule has 0 saturated heterocycles. The van der Waals surface area contributed by atoms with E-state index in [0.717, 1.165) is 67.7 Å². The first kappa shape index (κ1) is 17.6. The fraction of sp³-hybridized carbons (Fsp3) is 0.444. The summed E-state index contributed by atoms with van der Waals surface area (Å²) in [7, 11) is 0. The second-order valence-corrected chi connectivity index (χ2v) is 7.26. The summed E-state index contributed by atoms with van der Waals surface area (Å²) in [6.45, 7) is 7.70. The summed E-state index contributed by atoms with van der Waals surface area (Å²) in [5.41, 5.74) is 5.37. The van der Waals surface area contributed by atoms with Gasteiger partial charge < -0.3 is 10.4 Å². The molecule has 124 valence electrons. The highest BCUT2D eigenvalue weighted by Gasteiger charge is 2.11. The zero-order valence-electron chi connectivity index (χ0n) is 14.3. The molecule has 0 amide bonds. The summed E-state index contributed by atoms with van der Waals surface area (Å²) in [5.74, 6) is 1.77. The molecule has 0 bridgehead atoms. The highest BCUT2D eigenvalue weighted by molar-refractivity contribution is 7.99. The van der Waals surface area contributed by atoms with Gasteiger partial charge in [0.15, 0.2) is 22.8 Å². The number of thioether (sulfide) groups is 1. The lowest BCUT2D eigenvalue weighted by Gasteiger charge is -2.09. The molecule has 0 fully saturated rings. The van der Waals surface area contributed by atoms with Crippen LogP contribution in [0.2, 0.25) is 0 Å². The minimum Gasteiger partial charge on any atom is -0.618 e. The Labute approximate surface area is 142 Å². The van der Waals surface area contributed by atoms with Crippen LogP contribution in [0.5, 0.6) is 0 Å². The molecule has 23 heavy (non-hydrogen) atoms. The smallest absolute Gasteiger partial charge is 0.194 e. The van der Waals surface area contributed by atoms with Crippen LogP contribution >= 0.6 is 11.8 Å². The van der Waals surface area contributed by atoms with Gasteiger partial charge in [-0.25, -0.2) is 0 Å². The van der Waals surface area contributed by atoms with Crippen molar-refractivity contribution in [3.63, 3.8) is 0 Å². The molecule has 5 heteroatoms. The molecule has 0 spiro atoms. The van der Waals surface area contributed by atoms with Crippen molar-refractivity contribution in [2.75, 3.05) is 11.5 Å². The fourth-order valence-corrected chi connectivity index (χ4v) is 3.67. The minimum absolute atomic E-state index is 0.743. The van der Waals surface area contributed by atoms with E-state index in [-0.39, 0.29) is 0 Å². The van der Waals surface area contributed by atoms with E-state index in [0.29, 0.717) is 0 Å². The van der Waals surface area contributed by atoms with Crippen molar-refractivity contribution < 1.29 is 9.46 Å². The van der Waals surface area contributed by atoms with Crippen LogP contribution in [-0.2, 0) is 12.8 Å². The van der Waals surface area contributed by atoms with Crippen LogP contribution in [0, 0.1) is 38.1 Å². The van der Waals surface area contributed by atoms with Crippen LogP contribution in [0.25, 0.3) is 0 Å². The molecule has 0 saturated carbocycles. The molecular weight excluding hydrogens is 308 g/mol. The first-order valence-electron chi connectivity index (χ1n) is 7.85. The average Bonchev–Trinajstić information content (AvgIpc) is 2.48. The summed E-state index contributed by atoms with van der Waals surface area (Å²) in [5, 5.41) is 24.0. The molecule has 2 rings (SSSR count). The highest BCUT2D eigenvalue weighted by Crippen LogP contribution is 2.10. The third kappa shape index (κ3) is 4.61. The Morgan fingerprint density at radius 2 is 1.13 bits per heavy atom. The highest BCUT2D eigenvalue weighted by atomic mass is 32.2. The van der Waals surface area contributed by atoms with Crippen molar-refractivity contribution >= 4 is 11.8 Å². The molecule has 0 radical (unpaired) electrons. The number of pyridine rings is 2. The van der Waals surface area contributed by atoms with Gasteiger partial charge in [0.25, 0.3) is 0 Å². The van der Waals surface area contributed by atoms with Crippen LogP contribution in [0.4, 0.5) is 0 Å². The maximum absolute atomic E-state index is 12.0. The van der Waals surface area contributed by atoms with E-state index in [9.17, 15) is 10.4 Å². The summed E-state index contributed by atoms with van der Waals surface area (Å²) >= 11 is 1.78. The lowest BCUT2D eigenvalue weighted by Crippen LogP contribution is -2.36. The molecular formula is C18H24N2O2S. The Morgan fingerprint density at radius 1 is 0.739 bits per heavy atom. The normalized spacial score (nSPS) is 11.0. The number of aryl methyl sites for hydroxylation is 6. The van der Waals surface area contributed by atoms with Crippen LogP contribution in [0.15, 0.2) is 24.3 Å². The molecule has 0 aliphatic carbocycles. The topological polar surface area (TPSA) is 53.9 Å². The Bertz CT molecular complexity index is 642. The first-order chi connectivity index (χ1) is 10.9. The predicted octanol–water partition coefficient (Wildman–Crippen LogP) is 2.71. The van der Waals surface area contributed by atoms with Crippen molar-refractivity contribution in [1.29, 1.82) is 0 Å². The molecule has 2 aromatic heterocycles. The van der Waals surface area contributed by atoms with Gasteiger partial charge in [0, 0.05) is 62.5 Å². The van der Waals surface area contributed by atoms with Gasteiger partial charge in [0.2, 0.25) is 0 Å². The molecule has 0 aromatic carbocycles. The zero-order chi connectivity index (χ0) is 17.0. The maximum Gasteiger partial charge on any atom is 0.194 e. The monoisotopic (exact) mass is 332 g/mol. The number of aromatic nitrogens is 2.